The van der Waals surface area contributed by atoms with Gasteiger partial charge in [-0.05, 0) is 37.9 Å². The number of aromatic nitrogens is 1. The Morgan fingerprint density at radius 3 is 1.74 bits per heavy atom. The third kappa shape index (κ3) is 12.6. The fraction of sp³-hybridized carbons (Fsp3) is 0.640. The van der Waals surface area contributed by atoms with Gasteiger partial charge in [0, 0.05) is 57.8 Å². The minimum Gasteiger partial charge on any atom is -0.475 e. The van der Waals surface area contributed by atoms with E-state index in [0.717, 1.165) is 64.2 Å². The van der Waals surface area contributed by atoms with Gasteiger partial charge in [0.1, 0.15) is 5.54 Å². The Morgan fingerprint density at radius 1 is 0.891 bits per heavy atom. The van der Waals surface area contributed by atoms with Crippen molar-refractivity contribution >= 4 is 23.8 Å². The van der Waals surface area contributed by atoms with Gasteiger partial charge < -0.3 is 25.0 Å². The number of hydrogen-bond donors (Lipinski definition) is 3. The van der Waals surface area contributed by atoms with Crippen molar-refractivity contribution in [3.8, 4) is 0 Å². The first-order valence-corrected chi connectivity index (χ1v) is 13.1. The van der Waals surface area contributed by atoms with Crippen LogP contribution in [-0.4, -0.2) is 135 Å². The molecule has 3 fully saturated rings. The number of nitrogens with zero attached hydrogens (tertiary/aromatic N) is 4. The number of carboxylic acids is 3. The van der Waals surface area contributed by atoms with E-state index in [0.29, 0.717) is 18.5 Å². The van der Waals surface area contributed by atoms with Gasteiger partial charge in [-0.2, -0.15) is 39.5 Å². The van der Waals surface area contributed by atoms with Crippen LogP contribution >= 0.6 is 0 Å². The monoisotopic (exact) mass is 686 g/mol. The molecule has 4 rings (SSSR count). The molecule has 1 atom stereocenters. The second kappa shape index (κ2) is 16.7. The van der Waals surface area contributed by atoms with Crippen molar-refractivity contribution < 1.29 is 78.7 Å². The number of carbonyl (C=O) groups excluding carboxylic acids is 1. The van der Waals surface area contributed by atoms with Crippen LogP contribution in [0.3, 0.4) is 0 Å². The van der Waals surface area contributed by atoms with Gasteiger partial charge in [0.05, 0.1) is 6.61 Å². The van der Waals surface area contributed by atoms with Gasteiger partial charge in [0.15, 0.2) is 0 Å². The summed E-state index contributed by atoms with van der Waals surface area (Å²) in [6.45, 7) is 6.12. The Labute approximate surface area is 255 Å². The number of piperidine rings is 1. The maximum atomic E-state index is 13.4. The number of amides is 1. The van der Waals surface area contributed by atoms with Crippen LogP contribution in [0.2, 0.25) is 0 Å². The molecule has 46 heavy (non-hydrogen) atoms. The number of likely N-dealkylation sites (tertiary alicyclic amines) is 1. The zero-order valence-electron chi connectivity index (χ0n) is 24.0. The lowest BCUT2D eigenvalue weighted by molar-refractivity contribution is -0.193. The molecule has 0 aliphatic carbocycles. The van der Waals surface area contributed by atoms with Crippen molar-refractivity contribution in [1.29, 1.82) is 0 Å². The first-order valence-electron chi connectivity index (χ1n) is 13.1. The van der Waals surface area contributed by atoms with Crippen LogP contribution in [0.4, 0.5) is 39.5 Å². The van der Waals surface area contributed by atoms with E-state index in [-0.39, 0.29) is 5.54 Å². The molecule has 3 aliphatic rings. The number of rotatable bonds is 3. The van der Waals surface area contributed by atoms with Crippen molar-refractivity contribution in [3.63, 3.8) is 0 Å². The van der Waals surface area contributed by atoms with E-state index in [4.69, 9.17) is 34.4 Å². The predicted molar refractivity (Wildman–Crippen MR) is 136 cm³/mol. The molecule has 3 saturated heterocycles. The third-order valence-corrected chi connectivity index (χ3v) is 6.99. The summed E-state index contributed by atoms with van der Waals surface area (Å²) in [7, 11) is 2.12. The Balaban J connectivity index is 0.000000413. The van der Waals surface area contributed by atoms with Crippen LogP contribution in [-0.2, 0) is 30.5 Å². The highest BCUT2D eigenvalue weighted by Crippen LogP contribution is 2.34. The number of hydrogen-bond acceptors (Lipinski definition) is 8. The van der Waals surface area contributed by atoms with Crippen LogP contribution in [0.5, 0.6) is 0 Å². The lowest BCUT2D eigenvalue weighted by atomic mass is 9.82. The molecule has 1 amide bonds. The molecule has 0 radical (unpaired) electrons. The van der Waals surface area contributed by atoms with Gasteiger partial charge in [-0.25, -0.2) is 14.4 Å². The van der Waals surface area contributed by atoms with Crippen LogP contribution in [0.25, 0.3) is 0 Å². The topological polar surface area (TPSA) is 161 Å². The smallest absolute Gasteiger partial charge is 0.475 e. The normalized spacial score (nSPS) is 20.3. The van der Waals surface area contributed by atoms with Crippen molar-refractivity contribution in [2.24, 2.45) is 0 Å². The Kier molecular flexibility index (Phi) is 14.7. The molecule has 1 unspecified atom stereocenters. The van der Waals surface area contributed by atoms with Crippen molar-refractivity contribution in [1.82, 2.24) is 19.7 Å². The summed E-state index contributed by atoms with van der Waals surface area (Å²) in [5, 5.41) is 21.4. The Morgan fingerprint density at radius 2 is 1.37 bits per heavy atom. The summed E-state index contributed by atoms with van der Waals surface area (Å²) in [6.07, 6.45) is -8.64. The zero-order valence-corrected chi connectivity index (χ0v) is 24.0. The molecule has 0 aromatic carbocycles. The maximum Gasteiger partial charge on any atom is 0.490 e. The predicted octanol–water partition coefficient (Wildman–Crippen LogP) is 2.88. The summed E-state index contributed by atoms with van der Waals surface area (Å²) in [6, 6.07) is 4.54. The number of halogens is 9. The third-order valence-electron chi connectivity index (χ3n) is 6.99. The average Bonchev–Trinajstić information content (AvgIpc) is 3.49. The largest absolute Gasteiger partial charge is 0.490 e. The van der Waals surface area contributed by atoms with Crippen LogP contribution in [0.15, 0.2) is 24.5 Å². The van der Waals surface area contributed by atoms with E-state index in [1.807, 2.05) is 23.2 Å². The zero-order chi connectivity index (χ0) is 35.5. The number of carbonyl (C=O) groups is 4. The van der Waals surface area contributed by atoms with Crippen LogP contribution in [0, 0.1) is 0 Å². The molecule has 1 spiro atoms. The van der Waals surface area contributed by atoms with E-state index in [9.17, 15) is 44.3 Å². The minimum absolute atomic E-state index is 0.299. The summed E-state index contributed by atoms with van der Waals surface area (Å²) in [4.78, 5) is 51.1. The minimum atomic E-state index is -5.08. The van der Waals surface area contributed by atoms with Gasteiger partial charge in [-0.3, -0.25) is 19.6 Å². The second-order valence-electron chi connectivity index (χ2n) is 10.0. The van der Waals surface area contributed by atoms with Crippen molar-refractivity contribution in [2.75, 3.05) is 46.4 Å². The summed E-state index contributed by atoms with van der Waals surface area (Å²) in [5.74, 6) is -7.97. The first-order chi connectivity index (χ1) is 21.0. The molecule has 3 aliphatic heterocycles. The first kappa shape index (κ1) is 40.3. The van der Waals surface area contributed by atoms with E-state index in [1.165, 1.54) is 0 Å². The number of carboxylic acid groups (broad SMARTS) is 3. The number of aliphatic carboxylic acids is 3. The average molecular weight is 687 g/mol. The van der Waals surface area contributed by atoms with Gasteiger partial charge in [0.2, 0.25) is 5.91 Å². The molecule has 0 saturated carbocycles. The standard InChI is InChI=1S/C19H28N4O2.3C2HF3O2/c1-21-10-11-23(14-16-3-2-7-20-13-16)18(24)19(21)5-8-22(9-6-19)17-4-12-25-15-17;3*3-2(4,5)1(6)7/h2-3,7,13,17H,4-6,8-12,14-15H2,1H3;3*(H,6,7). The van der Waals surface area contributed by atoms with E-state index < -0.39 is 36.4 Å². The van der Waals surface area contributed by atoms with E-state index >= 15 is 0 Å². The molecule has 262 valence electrons. The van der Waals surface area contributed by atoms with Gasteiger partial charge >= 0.3 is 36.4 Å². The molecule has 4 heterocycles. The molecule has 3 N–H and O–H groups in total. The summed E-state index contributed by atoms with van der Waals surface area (Å²) in [5.41, 5.74) is 0.784. The molecule has 0 bridgehead atoms. The van der Waals surface area contributed by atoms with Crippen molar-refractivity contribution in [3.05, 3.63) is 30.1 Å². The van der Waals surface area contributed by atoms with E-state index in [1.54, 1.807) is 6.20 Å². The number of alkyl halides is 9. The maximum absolute atomic E-state index is 13.4. The SMILES string of the molecule is CN1CCN(Cc2cccnc2)C(=O)C12CCN(C1CCOC1)CC2.O=C(O)C(F)(F)F.O=C(O)C(F)(F)F.O=C(O)C(F)(F)F. The highest BCUT2D eigenvalue weighted by Gasteiger charge is 2.50. The Bertz CT molecular complexity index is 1100. The molecule has 1 aromatic rings. The van der Waals surface area contributed by atoms with Crippen molar-refractivity contribution in [2.45, 2.75) is 55.9 Å². The number of likely N-dealkylation sites (N-methyl/N-ethyl adjacent to an activating group) is 1. The van der Waals surface area contributed by atoms with E-state index in [2.05, 4.69) is 21.8 Å². The second-order valence-corrected chi connectivity index (χ2v) is 10.0. The summed E-state index contributed by atoms with van der Waals surface area (Å²) >= 11 is 0. The number of piperazine rings is 1. The van der Waals surface area contributed by atoms with Gasteiger partial charge in [-0.1, -0.05) is 6.07 Å². The fourth-order valence-electron chi connectivity index (χ4n) is 4.57. The lowest BCUT2D eigenvalue weighted by Gasteiger charge is -2.52. The Hall–Kier alpha value is -3.72. The quantitative estimate of drug-likeness (QED) is 0.402. The highest BCUT2D eigenvalue weighted by molar-refractivity contribution is 5.87. The van der Waals surface area contributed by atoms with Crippen LogP contribution < -0.4 is 0 Å². The number of pyridine rings is 1. The van der Waals surface area contributed by atoms with Gasteiger partial charge in [0.25, 0.3) is 0 Å². The fourth-order valence-corrected chi connectivity index (χ4v) is 4.57. The summed E-state index contributed by atoms with van der Waals surface area (Å²) < 4.78 is 101. The van der Waals surface area contributed by atoms with Gasteiger partial charge in [-0.15, -0.1) is 0 Å². The molecule has 1 aromatic heterocycles. The number of ether oxygens (including phenoxy) is 1. The molecule has 12 nitrogen and oxygen atoms in total. The molecular formula is C25H31F9N4O8. The van der Waals surface area contributed by atoms with Crippen LogP contribution in [0.1, 0.15) is 24.8 Å². The lowest BCUT2D eigenvalue weighted by Crippen LogP contribution is -2.68. The molecular weight excluding hydrogens is 655 g/mol. The highest BCUT2D eigenvalue weighted by atomic mass is 19.4. The molecule has 21 heteroatoms.